The number of H-pyrrole nitrogens is 1. The quantitative estimate of drug-likeness (QED) is 0.837. The van der Waals surface area contributed by atoms with E-state index in [1.165, 1.54) is 16.3 Å². The first-order valence-corrected chi connectivity index (χ1v) is 8.23. The fraction of sp³-hybridized carbons (Fsp3) is 0.286. The number of hydrogen-bond donors (Lipinski definition) is 2. The molecule has 0 unspecified atom stereocenters. The molecule has 0 bridgehead atoms. The number of rotatable bonds is 3. The van der Waals surface area contributed by atoms with Gasteiger partial charge in [-0.2, -0.15) is 0 Å². The number of amides is 1. The molecule has 2 N–H and O–H groups in total. The van der Waals surface area contributed by atoms with Crippen molar-refractivity contribution in [1.82, 2.24) is 14.9 Å². The second-order valence-corrected chi connectivity index (χ2v) is 6.24. The van der Waals surface area contributed by atoms with E-state index in [0.717, 1.165) is 12.3 Å². The number of aromatic nitrogens is 2. The van der Waals surface area contributed by atoms with Crippen LogP contribution in [0, 0.1) is 4.77 Å². The highest BCUT2D eigenvalue weighted by Gasteiger charge is 2.12. The molecule has 0 atom stereocenters. The van der Waals surface area contributed by atoms with Crippen LogP contribution in [0.4, 0.5) is 0 Å². The molecule has 1 aliphatic rings. The van der Waals surface area contributed by atoms with E-state index >= 15 is 0 Å². The van der Waals surface area contributed by atoms with Crippen LogP contribution in [0.25, 0.3) is 10.9 Å². The zero-order chi connectivity index (χ0) is 15.5. The standard InChI is InChI=1S/C14H14N4O2S2/c19-11(17-13-15-6-8-22-13)5-7-18-12(20)9-3-1-2-4-10(9)16-14(18)21/h1-4H,5-8H2,(H,16,21)(H,15,17,19). The van der Waals surface area contributed by atoms with Crippen LogP contribution in [-0.2, 0) is 11.3 Å². The third-order valence-electron chi connectivity index (χ3n) is 3.28. The van der Waals surface area contributed by atoms with Crippen LogP contribution in [0.1, 0.15) is 6.42 Å². The number of nitrogens with zero attached hydrogens (tertiary/aromatic N) is 2. The Morgan fingerprint density at radius 1 is 1.45 bits per heavy atom. The molecule has 22 heavy (non-hydrogen) atoms. The van der Waals surface area contributed by atoms with E-state index in [2.05, 4.69) is 15.3 Å². The molecule has 1 aromatic heterocycles. The zero-order valence-corrected chi connectivity index (χ0v) is 13.3. The van der Waals surface area contributed by atoms with Crippen molar-refractivity contribution in [2.24, 2.45) is 4.99 Å². The summed E-state index contributed by atoms with van der Waals surface area (Å²) in [7, 11) is 0. The predicted octanol–water partition coefficient (Wildman–Crippen LogP) is 1.67. The van der Waals surface area contributed by atoms with Crippen molar-refractivity contribution in [2.45, 2.75) is 13.0 Å². The van der Waals surface area contributed by atoms with Gasteiger partial charge in [0.25, 0.3) is 5.56 Å². The highest BCUT2D eigenvalue weighted by molar-refractivity contribution is 8.14. The fourth-order valence-corrected chi connectivity index (χ4v) is 3.24. The Morgan fingerprint density at radius 2 is 2.27 bits per heavy atom. The molecule has 3 rings (SSSR count). The summed E-state index contributed by atoms with van der Waals surface area (Å²) in [6, 6.07) is 7.18. The van der Waals surface area contributed by atoms with E-state index in [-0.39, 0.29) is 24.4 Å². The number of amidine groups is 1. The van der Waals surface area contributed by atoms with Crippen molar-refractivity contribution < 1.29 is 4.79 Å². The van der Waals surface area contributed by atoms with Crippen molar-refractivity contribution in [1.29, 1.82) is 0 Å². The topological polar surface area (TPSA) is 79.2 Å². The van der Waals surface area contributed by atoms with Gasteiger partial charge in [0.05, 0.1) is 17.4 Å². The summed E-state index contributed by atoms with van der Waals surface area (Å²) in [6.45, 7) is 0.971. The minimum Gasteiger partial charge on any atom is -0.332 e. The normalized spacial score (nSPS) is 14.1. The number of benzene rings is 1. The third kappa shape index (κ3) is 3.12. The number of nitrogens with one attached hydrogen (secondary N) is 2. The van der Waals surface area contributed by atoms with Crippen molar-refractivity contribution in [3.63, 3.8) is 0 Å². The summed E-state index contributed by atoms with van der Waals surface area (Å²) in [5.74, 6) is 0.730. The summed E-state index contributed by atoms with van der Waals surface area (Å²) < 4.78 is 1.74. The van der Waals surface area contributed by atoms with Gasteiger partial charge in [0.2, 0.25) is 5.91 Å². The van der Waals surface area contributed by atoms with Gasteiger partial charge in [-0.25, -0.2) is 0 Å². The van der Waals surface area contributed by atoms with Gasteiger partial charge >= 0.3 is 0 Å². The van der Waals surface area contributed by atoms with Crippen LogP contribution in [0.3, 0.4) is 0 Å². The molecular formula is C14H14N4O2S2. The molecule has 8 heteroatoms. The average molecular weight is 334 g/mol. The lowest BCUT2D eigenvalue weighted by atomic mass is 10.2. The molecular weight excluding hydrogens is 320 g/mol. The van der Waals surface area contributed by atoms with Gasteiger partial charge in [0.1, 0.15) is 0 Å². The van der Waals surface area contributed by atoms with Crippen LogP contribution in [0.5, 0.6) is 0 Å². The predicted molar refractivity (Wildman–Crippen MR) is 90.9 cm³/mol. The number of carbonyl (C=O) groups is 1. The van der Waals surface area contributed by atoms with E-state index < -0.39 is 0 Å². The first-order valence-electron chi connectivity index (χ1n) is 6.84. The smallest absolute Gasteiger partial charge is 0.262 e. The first-order chi connectivity index (χ1) is 10.6. The molecule has 0 spiro atoms. The summed E-state index contributed by atoms with van der Waals surface area (Å²) in [5, 5.41) is 3.96. The first kappa shape index (κ1) is 15.0. The maximum absolute atomic E-state index is 12.4. The number of aliphatic imine (C=N–C) groups is 1. The monoisotopic (exact) mass is 334 g/mol. The van der Waals surface area contributed by atoms with Crippen LogP contribution in [0.2, 0.25) is 0 Å². The minimum atomic E-state index is -0.181. The Kier molecular flexibility index (Phi) is 4.39. The lowest BCUT2D eigenvalue weighted by molar-refractivity contribution is -0.119. The number of thioether (sulfide) groups is 1. The van der Waals surface area contributed by atoms with Crippen molar-refractivity contribution in [3.8, 4) is 0 Å². The van der Waals surface area contributed by atoms with Crippen LogP contribution >= 0.6 is 24.0 Å². The van der Waals surface area contributed by atoms with Gasteiger partial charge < -0.3 is 10.3 Å². The molecule has 114 valence electrons. The van der Waals surface area contributed by atoms with E-state index in [4.69, 9.17) is 12.2 Å². The number of para-hydroxylation sites is 1. The Balaban J connectivity index is 1.77. The highest BCUT2D eigenvalue weighted by Crippen LogP contribution is 2.09. The van der Waals surface area contributed by atoms with Gasteiger partial charge in [-0.15, -0.1) is 0 Å². The van der Waals surface area contributed by atoms with E-state index in [1.54, 1.807) is 18.2 Å². The van der Waals surface area contributed by atoms with Gasteiger partial charge in [0.15, 0.2) is 9.94 Å². The molecule has 2 aromatic rings. The highest BCUT2D eigenvalue weighted by atomic mass is 32.2. The molecule has 2 heterocycles. The lowest BCUT2D eigenvalue weighted by Crippen LogP contribution is -2.30. The summed E-state index contributed by atoms with van der Waals surface area (Å²) in [4.78, 5) is 31.5. The molecule has 0 fully saturated rings. The van der Waals surface area contributed by atoms with Gasteiger partial charge in [-0.05, 0) is 24.4 Å². The number of aromatic amines is 1. The largest absolute Gasteiger partial charge is 0.332 e. The van der Waals surface area contributed by atoms with Crippen LogP contribution in [-0.4, -0.2) is 32.9 Å². The Morgan fingerprint density at radius 3 is 3.05 bits per heavy atom. The maximum atomic E-state index is 12.4. The summed E-state index contributed by atoms with van der Waals surface area (Å²) >= 11 is 6.73. The molecule has 0 saturated carbocycles. The number of carbonyl (C=O) groups excluding carboxylic acids is 1. The third-order valence-corrected chi connectivity index (χ3v) is 4.50. The second-order valence-electron chi connectivity index (χ2n) is 4.77. The molecule has 6 nitrogen and oxygen atoms in total. The van der Waals surface area contributed by atoms with E-state index in [9.17, 15) is 9.59 Å². The molecule has 1 aromatic carbocycles. The Bertz CT molecular complexity index is 869. The van der Waals surface area contributed by atoms with Gasteiger partial charge in [-0.1, -0.05) is 23.9 Å². The average Bonchev–Trinajstić information content (AvgIpc) is 3.00. The Hall–Kier alpha value is -1.93. The van der Waals surface area contributed by atoms with Crippen molar-refractivity contribution in [3.05, 3.63) is 39.4 Å². The molecule has 1 aliphatic heterocycles. The number of fused-ring (bicyclic) bond motifs is 1. The molecule has 0 aliphatic carbocycles. The maximum Gasteiger partial charge on any atom is 0.262 e. The Labute approximate surface area is 135 Å². The van der Waals surface area contributed by atoms with Crippen LogP contribution in [0.15, 0.2) is 34.1 Å². The fourth-order valence-electron chi connectivity index (χ4n) is 2.21. The summed E-state index contributed by atoms with van der Waals surface area (Å²) in [5.41, 5.74) is 0.523. The van der Waals surface area contributed by atoms with Gasteiger partial charge in [0, 0.05) is 18.7 Å². The van der Waals surface area contributed by atoms with Gasteiger partial charge in [-0.3, -0.25) is 19.1 Å². The van der Waals surface area contributed by atoms with Crippen LogP contribution < -0.4 is 10.9 Å². The van der Waals surface area contributed by atoms with E-state index in [1.807, 2.05) is 6.07 Å². The second kappa shape index (κ2) is 6.45. The molecule has 0 saturated heterocycles. The zero-order valence-electron chi connectivity index (χ0n) is 11.7. The van der Waals surface area contributed by atoms with Crippen molar-refractivity contribution >= 4 is 46.0 Å². The van der Waals surface area contributed by atoms with E-state index in [0.29, 0.717) is 20.8 Å². The number of hydrogen-bond acceptors (Lipinski definition) is 5. The molecule has 0 radical (unpaired) electrons. The minimum absolute atomic E-state index is 0.164. The summed E-state index contributed by atoms with van der Waals surface area (Å²) in [6.07, 6.45) is 0.176. The lowest BCUT2D eigenvalue weighted by Gasteiger charge is -2.08. The SMILES string of the molecule is O=C(CCn1c(=S)[nH]c2ccccc2c1=O)NC1=NCCS1. The van der Waals surface area contributed by atoms with Crippen molar-refractivity contribution in [2.75, 3.05) is 12.3 Å². The molecule has 1 amide bonds.